The lowest BCUT2D eigenvalue weighted by atomic mass is 10.0. The number of nitrogens with one attached hydrogen (secondary N) is 1. The summed E-state index contributed by atoms with van der Waals surface area (Å²) in [5, 5.41) is 12.3. The number of hydrogen-bond donors (Lipinski definition) is 2. The van der Waals surface area contributed by atoms with Crippen LogP contribution in [-0.4, -0.2) is 23.1 Å². The third-order valence-electron chi connectivity index (χ3n) is 4.90. The van der Waals surface area contributed by atoms with E-state index in [0.717, 1.165) is 33.5 Å². The predicted molar refractivity (Wildman–Crippen MR) is 118 cm³/mol. The van der Waals surface area contributed by atoms with Crippen molar-refractivity contribution in [2.45, 2.75) is 33.8 Å². The minimum Gasteiger partial charge on any atom is -0.508 e. The molecule has 0 aliphatic heterocycles. The predicted octanol–water partition coefficient (Wildman–Crippen LogP) is 5.17. The number of esters is 1. The Hall–Kier alpha value is -3.60. The van der Waals surface area contributed by atoms with Crippen LogP contribution in [0.4, 0.5) is 5.69 Å². The van der Waals surface area contributed by atoms with E-state index >= 15 is 0 Å². The number of hydrogen-bond acceptors (Lipinski definition) is 4. The standard InChI is InChI=1S/C25H25NO4/c1-15-13-16(2)23(17(3)14-15)26-24(28)18(4)30-25(29)21-7-5-19(6-8-21)20-9-11-22(27)12-10-20/h5-14,18,27H,1-4H3,(H,26,28)/t18-/m1/s1. The Bertz CT molecular complexity index is 1050. The molecule has 3 rings (SSSR count). The quantitative estimate of drug-likeness (QED) is 0.577. The zero-order chi connectivity index (χ0) is 21.8. The van der Waals surface area contributed by atoms with Crippen molar-refractivity contribution < 1.29 is 19.4 Å². The monoisotopic (exact) mass is 403 g/mol. The molecule has 3 aromatic carbocycles. The van der Waals surface area contributed by atoms with E-state index in [1.165, 1.54) is 0 Å². The fraction of sp³-hybridized carbons (Fsp3) is 0.200. The van der Waals surface area contributed by atoms with Gasteiger partial charge in [-0.25, -0.2) is 4.79 Å². The van der Waals surface area contributed by atoms with Gasteiger partial charge in [0.05, 0.1) is 5.56 Å². The van der Waals surface area contributed by atoms with Gasteiger partial charge in [-0.2, -0.15) is 0 Å². The number of rotatable bonds is 5. The highest BCUT2D eigenvalue weighted by Crippen LogP contribution is 2.24. The van der Waals surface area contributed by atoms with Crippen LogP contribution in [0.25, 0.3) is 11.1 Å². The molecule has 2 N–H and O–H groups in total. The molecule has 3 aromatic rings. The molecule has 5 nitrogen and oxygen atoms in total. The van der Waals surface area contributed by atoms with Crippen LogP contribution in [0.2, 0.25) is 0 Å². The first-order chi connectivity index (χ1) is 14.2. The maximum absolute atomic E-state index is 12.5. The number of benzene rings is 3. The van der Waals surface area contributed by atoms with Crippen LogP contribution in [0.5, 0.6) is 5.75 Å². The Balaban J connectivity index is 1.65. The highest BCUT2D eigenvalue weighted by Gasteiger charge is 2.20. The molecule has 0 unspecified atom stereocenters. The van der Waals surface area contributed by atoms with Crippen LogP contribution in [0, 0.1) is 20.8 Å². The molecular formula is C25H25NO4. The number of anilines is 1. The van der Waals surface area contributed by atoms with E-state index in [4.69, 9.17) is 4.74 Å². The Kier molecular flexibility index (Phi) is 6.21. The van der Waals surface area contributed by atoms with Crippen LogP contribution in [-0.2, 0) is 9.53 Å². The van der Waals surface area contributed by atoms with Crippen LogP contribution in [0.3, 0.4) is 0 Å². The molecule has 0 aromatic heterocycles. The SMILES string of the molecule is Cc1cc(C)c(NC(=O)[C@@H](C)OC(=O)c2ccc(-c3ccc(O)cc3)cc2)c(C)c1. The van der Waals surface area contributed by atoms with Gasteiger partial charge in [-0.15, -0.1) is 0 Å². The lowest BCUT2D eigenvalue weighted by molar-refractivity contribution is -0.123. The highest BCUT2D eigenvalue weighted by molar-refractivity contribution is 5.98. The number of phenolic OH excluding ortho intramolecular Hbond substituents is 1. The van der Waals surface area contributed by atoms with Gasteiger partial charge in [-0.05, 0) is 74.2 Å². The van der Waals surface area contributed by atoms with Crippen molar-refractivity contribution in [3.8, 4) is 16.9 Å². The van der Waals surface area contributed by atoms with Gasteiger partial charge in [0.15, 0.2) is 6.10 Å². The smallest absolute Gasteiger partial charge is 0.338 e. The second kappa shape index (κ2) is 8.82. The van der Waals surface area contributed by atoms with Gasteiger partial charge in [0.25, 0.3) is 5.91 Å². The maximum atomic E-state index is 12.5. The summed E-state index contributed by atoms with van der Waals surface area (Å²) >= 11 is 0. The normalized spacial score (nSPS) is 11.6. The maximum Gasteiger partial charge on any atom is 0.338 e. The van der Waals surface area contributed by atoms with Gasteiger partial charge >= 0.3 is 5.97 Å². The summed E-state index contributed by atoms with van der Waals surface area (Å²) < 4.78 is 5.35. The van der Waals surface area contributed by atoms with E-state index in [2.05, 4.69) is 5.32 Å². The number of carbonyl (C=O) groups is 2. The number of aryl methyl sites for hydroxylation is 3. The molecular weight excluding hydrogens is 378 g/mol. The van der Waals surface area contributed by atoms with Gasteiger partial charge in [0.2, 0.25) is 0 Å². The summed E-state index contributed by atoms with van der Waals surface area (Å²) in [6, 6.07) is 17.7. The molecule has 0 aliphatic carbocycles. The molecule has 1 amide bonds. The van der Waals surface area contributed by atoms with Crippen molar-refractivity contribution in [3.05, 3.63) is 82.9 Å². The summed E-state index contributed by atoms with van der Waals surface area (Å²) in [5.41, 5.74) is 5.98. The van der Waals surface area contributed by atoms with E-state index in [-0.39, 0.29) is 11.7 Å². The van der Waals surface area contributed by atoms with Crippen LogP contribution in [0.15, 0.2) is 60.7 Å². The highest BCUT2D eigenvalue weighted by atomic mass is 16.5. The molecule has 1 atom stereocenters. The average Bonchev–Trinajstić information content (AvgIpc) is 2.71. The third-order valence-corrected chi connectivity index (χ3v) is 4.90. The molecule has 0 saturated carbocycles. The van der Waals surface area contributed by atoms with Crippen molar-refractivity contribution in [2.75, 3.05) is 5.32 Å². The molecule has 0 aliphatic rings. The van der Waals surface area contributed by atoms with Crippen LogP contribution in [0.1, 0.15) is 34.0 Å². The van der Waals surface area contributed by atoms with Crippen LogP contribution < -0.4 is 5.32 Å². The molecule has 0 fully saturated rings. The van der Waals surface area contributed by atoms with E-state index < -0.39 is 12.1 Å². The number of amides is 1. The largest absolute Gasteiger partial charge is 0.508 e. The first-order valence-electron chi connectivity index (χ1n) is 9.74. The lowest BCUT2D eigenvalue weighted by Gasteiger charge is -2.17. The van der Waals surface area contributed by atoms with Gasteiger partial charge in [0.1, 0.15) is 5.75 Å². The summed E-state index contributed by atoms with van der Waals surface area (Å²) in [5.74, 6) is -0.742. The fourth-order valence-electron chi connectivity index (χ4n) is 3.34. The van der Waals surface area contributed by atoms with E-state index in [1.807, 2.05) is 32.9 Å². The number of carbonyl (C=O) groups excluding carboxylic acids is 2. The molecule has 5 heteroatoms. The summed E-state index contributed by atoms with van der Waals surface area (Å²) in [6.45, 7) is 7.42. The topological polar surface area (TPSA) is 75.6 Å². The number of aromatic hydroxyl groups is 1. The Morgan fingerprint density at radius 2 is 1.37 bits per heavy atom. The third kappa shape index (κ3) is 4.87. The minimum absolute atomic E-state index is 0.197. The van der Waals surface area contributed by atoms with Crippen molar-refractivity contribution in [3.63, 3.8) is 0 Å². The molecule has 0 bridgehead atoms. The zero-order valence-corrected chi connectivity index (χ0v) is 17.5. The van der Waals surface area contributed by atoms with E-state index in [9.17, 15) is 14.7 Å². The fourth-order valence-corrected chi connectivity index (χ4v) is 3.34. The molecule has 0 saturated heterocycles. The van der Waals surface area contributed by atoms with Crippen molar-refractivity contribution in [1.82, 2.24) is 0 Å². The first kappa shape index (κ1) is 21.1. The summed E-state index contributed by atoms with van der Waals surface area (Å²) in [7, 11) is 0. The number of ether oxygens (including phenoxy) is 1. The average molecular weight is 403 g/mol. The molecule has 30 heavy (non-hydrogen) atoms. The zero-order valence-electron chi connectivity index (χ0n) is 17.5. The number of phenols is 1. The second-order valence-electron chi connectivity index (χ2n) is 7.43. The van der Waals surface area contributed by atoms with E-state index in [0.29, 0.717) is 5.56 Å². The first-order valence-corrected chi connectivity index (χ1v) is 9.74. The van der Waals surface area contributed by atoms with Gasteiger partial charge in [-0.1, -0.05) is 42.0 Å². The Morgan fingerprint density at radius 1 is 0.867 bits per heavy atom. The molecule has 0 radical (unpaired) electrons. The Labute approximate surface area is 176 Å². The van der Waals surface area contributed by atoms with Gasteiger partial charge in [-0.3, -0.25) is 4.79 Å². The van der Waals surface area contributed by atoms with Crippen LogP contribution >= 0.6 is 0 Å². The molecule has 154 valence electrons. The van der Waals surface area contributed by atoms with Crippen molar-refractivity contribution in [2.24, 2.45) is 0 Å². The van der Waals surface area contributed by atoms with Gasteiger partial charge < -0.3 is 15.2 Å². The molecule has 0 heterocycles. The lowest BCUT2D eigenvalue weighted by Crippen LogP contribution is -2.30. The summed E-state index contributed by atoms with van der Waals surface area (Å²) in [4.78, 5) is 25.0. The minimum atomic E-state index is -0.936. The molecule has 0 spiro atoms. The summed E-state index contributed by atoms with van der Waals surface area (Å²) in [6.07, 6.45) is -0.936. The Morgan fingerprint density at radius 3 is 1.90 bits per heavy atom. The van der Waals surface area contributed by atoms with E-state index in [1.54, 1.807) is 55.5 Å². The van der Waals surface area contributed by atoms with Crippen molar-refractivity contribution in [1.29, 1.82) is 0 Å². The van der Waals surface area contributed by atoms with Gasteiger partial charge in [0, 0.05) is 5.69 Å². The second-order valence-corrected chi connectivity index (χ2v) is 7.43. The van der Waals surface area contributed by atoms with Crippen molar-refractivity contribution >= 4 is 17.6 Å².